The van der Waals surface area contributed by atoms with Crippen LogP contribution in [0.2, 0.25) is 0 Å². The normalized spacial score (nSPS) is 11.5. The SMILES string of the molecule is c1ccc(-c2ccc(N(c3cccc(-c4ccc5ccccc5c4)c3)c3cccc(-c4cc5ccc6ccccc6c5c5c4ccc4ccccc45)c3)cc2)cc1. The quantitative estimate of drug-likeness (QED) is 0.154. The third-order valence-electron chi connectivity index (χ3n) is 11.6. The second-order valence-electron chi connectivity index (χ2n) is 14.9. The van der Waals surface area contributed by atoms with Crippen LogP contribution in [0.5, 0.6) is 0 Å². The zero-order valence-electron chi connectivity index (χ0n) is 31.3. The Bertz CT molecular complexity index is 3290. The lowest BCUT2D eigenvalue weighted by molar-refractivity contribution is 1.28. The molecule has 0 radical (unpaired) electrons. The third-order valence-corrected chi connectivity index (χ3v) is 11.6. The molecule has 0 atom stereocenters. The molecule has 0 saturated heterocycles. The summed E-state index contributed by atoms with van der Waals surface area (Å²) in [5.41, 5.74) is 10.5. The minimum absolute atomic E-state index is 1.10. The first-order valence-corrected chi connectivity index (χ1v) is 19.7. The van der Waals surface area contributed by atoms with Crippen LogP contribution in [-0.2, 0) is 0 Å². The van der Waals surface area contributed by atoms with E-state index in [0.29, 0.717) is 0 Å². The molecule has 11 aromatic carbocycles. The van der Waals surface area contributed by atoms with Gasteiger partial charge in [0.25, 0.3) is 0 Å². The highest BCUT2D eigenvalue weighted by Crippen LogP contribution is 2.44. The van der Waals surface area contributed by atoms with E-state index in [4.69, 9.17) is 0 Å². The Labute approximate surface area is 332 Å². The van der Waals surface area contributed by atoms with Crippen LogP contribution in [0.25, 0.3) is 87.2 Å². The molecule has 0 amide bonds. The maximum absolute atomic E-state index is 2.40. The lowest BCUT2D eigenvalue weighted by Crippen LogP contribution is -2.10. The average molecular weight is 724 g/mol. The van der Waals surface area contributed by atoms with E-state index in [9.17, 15) is 0 Å². The van der Waals surface area contributed by atoms with Crippen molar-refractivity contribution in [2.45, 2.75) is 0 Å². The monoisotopic (exact) mass is 723 g/mol. The van der Waals surface area contributed by atoms with Crippen molar-refractivity contribution < 1.29 is 0 Å². The van der Waals surface area contributed by atoms with Crippen molar-refractivity contribution in [1.29, 1.82) is 0 Å². The number of nitrogens with zero attached hydrogens (tertiary/aromatic N) is 1. The van der Waals surface area contributed by atoms with Crippen LogP contribution in [0.1, 0.15) is 0 Å². The van der Waals surface area contributed by atoms with Crippen molar-refractivity contribution in [3.05, 3.63) is 224 Å². The fraction of sp³-hybridized carbons (Fsp3) is 0. The van der Waals surface area contributed by atoms with E-state index >= 15 is 0 Å². The summed E-state index contributed by atoms with van der Waals surface area (Å²) in [6, 6.07) is 82.1. The molecule has 266 valence electrons. The molecule has 0 heterocycles. The standard InChI is InChI=1S/C56H37N/c1-2-12-38(13-3-1)40-28-31-48(32-29-40)57(49-20-10-18-44(35-49)45-26-24-39-14-4-5-17-43(39)34-45)50-21-11-19-46(36-50)54-37-47-27-25-41-15-6-8-22-51(41)55(47)56-52-23-9-7-16-42(52)30-33-53(54)56/h1-37H. The van der Waals surface area contributed by atoms with Gasteiger partial charge in [0.2, 0.25) is 0 Å². The smallest absolute Gasteiger partial charge is 0.0467 e. The van der Waals surface area contributed by atoms with Gasteiger partial charge >= 0.3 is 0 Å². The van der Waals surface area contributed by atoms with Gasteiger partial charge in [-0.3, -0.25) is 0 Å². The lowest BCUT2D eigenvalue weighted by atomic mass is 9.88. The predicted octanol–water partition coefficient (Wildman–Crippen LogP) is 15.9. The van der Waals surface area contributed by atoms with Crippen LogP contribution in [-0.4, -0.2) is 0 Å². The van der Waals surface area contributed by atoms with Gasteiger partial charge in [-0.25, -0.2) is 0 Å². The molecule has 11 aromatic rings. The Morgan fingerprint density at radius 1 is 0.228 bits per heavy atom. The number of anilines is 3. The first kappa shape index (κ1) is 32.9. The predicted molar refractivity (Wildman–Crippen MR) is 245 cm³/mol. The molecule has 0 aliphatic heterocycles. The van der Waals surface area contributed by atoms with Gasteiger partial charge in [0.15, 0.2) is 0 Å². The number of fused-ring (bicyclic) bond motifs is 8. The Hall–Kier alpha value is -7.48. The first-order valence-electron chi connectivity index (χ1n) is 19.7. The summed E-state index contributed by atoms with van der Waals surface area (Å²) in [5.74, 6) is 0. The van der Waals surface area contributed by atoms with Crippen LogP contribution in [0, 0.1) is 0 Å². The highest BCUT2D eigenvalue weighted by atomic mass is 15.1. The molecule has 0 fully saturated rings. The summed E-state index contributed by atoms with van der Waals surface area (Å²) >= 11 is 0. The zero-order chi connectivity index (χ0) is 37.7. The average Bonchev–Trinajstić information content (AvgIpc) is 3.29. The summed E-state index contributed by atoms with van der Waals surface area (Å²) in [6.45, 7) is 0. The molecule has 11 rings (SSSR count). The van der Waals surface area contributed by atoms with Crippen molar-refractivity contribution in [2.75, 3.05) is 4.90 Å². The van der Waals surface area contributed by atoms with Crippen LogP contribution in [0.3, 0.4) is 0 Å². The lowest BCUT2D eigenvalue weighted by Gasteiger charge is -2.27. The highest BCUT2D eigenvalue weighted by Gasteiger charge is 2.18. The van der Waals surface area contributed by atoms with E-state index in [1.165, 1.54) is 87.2 Å². The molecule has 0 N–H and O–H groups in total. The Morgan fingerprint density at radius 2 is 0.737 bits per heavy atom. The molecule has 57 heavy (non-hydrogen) atoms. The molecule has 1 heteroatoms. The molecule has 0 aliphatic rings. The van der Waals surface area contributed by atoms with Gasteiger partial charge in [-0.05, 0) is 136 Å². The fourth-order valence-corrected chi connectivity index (χ4v) is 8.81. The third kappa shape index (κ3) is 5.80. The van der Waals surface area contributed by atoms with Crippen molar-refractivity contribution >= 4 is 70.9 Å². The van der Waals surface area contributed by atoms with E-state index in [2.05, 4.69) is 229 Å². The second kappa shape index (κ2) is 13.7. The van der Waals surface area contributed by atoms with Gasteiger partial charge in [0, 0.05) is 17.1 Å². The number of rotatable bonds is 6. The topological polar surface area (TPSA) is 3.24 Å². The van der Waals surface area contributed by atoms with Gasteiger partial charge in [-0.1, -0.05) is 176 Å². The molecule has 0 unspecified atom stereocenters. The molecule has 0 bridgehead atoms. The maximum Gasteiger partial charge on any atom is 0.0467 e. The van der Waals surface area contributed by atoms with Crippen molar-refractivity contribution in [3.8, 4) is 33.4 Å². The van der Waals surface area contributed by atoms with Crippen molar-refractivity contribution in [1.82, 2.24) is 0 Å². The summed E-state index contributed by atoms with van der Waals surface area (Å²) in [4.78, 5) is 2.40. The van der Waals surface area contributed by atoms with Gasteiger partial charge in [-0.15, -0.1) is 0 Å². The zero-order valence-corrected chi connectivity index (χ0v) is 31.3. The van der Waals surface area contributed by atoms with Gasteiger partial charge in [0.05, 0.1) is 0 Å². The van der Waals surface area contributed by atoms with Crippen molar-refractivity contribution in [3.63, 3.8) is 0 Å². The number of benzene rings is 11. The Balaban J connectivity index is 1.11. The van der Waals surface area contributed by atoms with Gasteiger partial charge in [-0.2, -0.15) is 0 Å². The largest absolute Gasteiger partial charge is 0.310 e. The maximum atomic E-state index is 2.40. The molecular weight excluding hydrogens is 687 g/mol. The minimum atomic E-state index is 1.10. The van der Waals surface area contributed by atoms with Crippen LogP contribution >= 0.6 is 0 Å². The van der Waals surface area contributed by atoms with Gasteiger partial charge in [0.1, 0.15) is 0 Å². The number of hydrogen-bond acceptors (Lipinski definition) is 1. The molecule has 0 spiro atoms. The van der Waals surface area contributed by atoms with Crippen LogP contribution in [0.15, 0.2) is 224 Å². The number of hydrogen-bond donors (Lipinski definition) is 0. The van der Waals surface area contributed by atoms with Crippen LogP contribution < -0.4 is 4.90 Å². The molecule has 0 aliphatic carbocycles. The Morgan fingerprint density at radius 3 is 1.49 bits per heavy atom. The van der Waals surface area contributed by atoms with Crippen LogP contribution in [0.4, 0.5) is 17.1 Å². The summed E-state index contributed by atoms with van der Waals surface area (Å²) in [5, 5.41) is 12.7. The van der Waals surface area contributed by atoms with Gasteiger partial charge < -0.3 is 4.90 Å². The molecule has 1 nitrogen and oxygen atoms in total. The fourth-order valence-electron chi connectivity index (χ4n) is 8.81. The van der Waals surface area contributed by atoms with E-state index < -0.39 is 0 Å². The Kier molecular flexibility index (Phi) is 7.89. The second-order valence-corrected chi connectivity index (χ2v) is 14.9. The van der Waals surface area contributed by atoms with Crippen molar-refractivity contribution in [2.24, 2.45) is 0 Å². The van der Waals surface area contributed by atoms with E-state index in [-0.39, 0.29) is 0 Å². The molecular formula is C56H37N. The summed E-state index contributed by atoms with van der Waals surface area (Å²) in [7, 11) is 0. The molecule has 0 saturated carbocycles. The van der Waals surface area contributed by atoms with E-state index in [1.54, 1.807) is 0 Å². The van der Waals surface area contributed by atoms with E-state index in [0.717, 1.165) is 17.1 Å². The highest BCUT2D eigenvalue weighted by molar-refractivity contribution is 6.30. The van der Waals surface area contributed by atoms with E-state index in [1.807, 2.05) is 0 Å². The summed E-state index contributed by atoms with van der Waals surface area (Å²) < 4.78 is 0. The molecule has 0 aromatic heterocycles. The minimum Gasteiger partial charge on any atom is -0.310 e. The summed E-state index contributed by atoms with van der Waals surface area (Å²) in [6.07, 6.45) is 0. The first-order chi connectivity index (χ1) is 28.2.